The van der Waals surface area contributed by atoms with Crippen LogP contribution in [0, 0.1) is 0 Å². The van der Waals surface area contributed by atoms with Gasteiger partial charge in [0.05, 0.1) is 12.6 Å². The van der Waals surface area contributed by atoms with Crippen LogP contribution in [0.1, 0.15) is 31.4 Å². The van der Waals surface area contributed by atoms with E-state index in [1.54, 1.807) is 0 Å². The van der Waals surface area contributed by atoms with Crippen molar-refractivity contribution in [3.8, 4) is 0 Å². The molecule has 94 valence electrons. The van der Waals surface area contributed by atoms with Gasteiger partial charge in [0.1, 0.15) is 0 Å². The Labute approximate surface area is 103 Å². The summed E-state index contributed by atoms with van der Waals surface area (Å²) in [6.45, 7) is 3.23. The van der Waals surface area contributed by atoms with Gasteiger partial charge in [0.15, 0.2) is 5.96 Å². The highest BCUT2D eigenvalue weighted by atomic mass is 16.3. The molecule has 0 fully saturated rings. The monoisotopic (exact) mass is 235 g/mol. The first-order valence-electron chi connectivity index (χ1n) is 6.00. The molecule has 0 aromatic heterocycles. The van der Waals surface area contributed by atoms with E-state index in [0.29, 0.717) is 5.96 Å². The molecule has 0 aliphatic heterocycles. The second-order valence-electron chi connectivity index (χ2n) is 3.93. The van der Waals surface area contributed by atoms with Gasteiger partial charge in [-0.15, -0.1) is 0 Å². The van der Waals surface area contributed by atoms with Gasteiger partial charge in [0.2, 0.25) is 0 Å². The first-order chi connectivity index (χ1) is 8.24. The largest absolute Gasteiger partial charge is 0.386 e. The van der Waals surface area contributed by atoms with E-state index in [1.165, 1.54) is 0 Å². The summed E-state index contributed by atoms with van der Waals surface area (Å²) in [5.41, 5.74) is 6.53. The van der Waals surface area contributed by atoms with Gasteiger partial charge in [-0.25, -0.2) is 0 Å². The first-order valence-corrected chi connectivity index (χ1v) is 6.00. The fourth-order valence-electron chi connectivity index (χ4n) is 1.41. The normalized spacial score (nSPS) is 13.4. The molecule has 0 saturated carbocycles. The average molecular weight is 235 g/mol. The van der Waals surface area contributed by atoms with Gasteiger partial charge >= 0.3 is 0 Å². The number of guanidine groups is 1. The summed E-state index contributed by atoms with van der Waals surface area (Å²) in [7, 11) is 0. The van der Waals surface area contributed by atoms with Crippen molar-refractivity contribution in [1.29, 1.82) is 0 Å². The smallest absolute Gasteiger partial charge is 0.188 e. The van der Waals surface area contributed by atoms with Crippen molar-refractivity contribution in [2.45, 2.75) is 25.9 Å². The molecule has 4 N–H and O–H groups in total. The minimum absolute atomic E-state index is 0.287. The summed E-state index contributed by atoms with van der Waals surface area (Å²) in [5.74, 6) is 0.397. The number of nitrogens with zero attached hydrogens (tertiary/aromatic N) is 1. The van der Waals surface area contributed by atoms with Crippen molar-refractivity contribution in [2.24, 2.45) is 10.7 Å². The van der Waals surface area contributed by atoms with Crippen LogP contribution in [-0.2, 0) is 0 Å². The number of rotatable bonds is 6. The lowest BCUT2D eigenvalue weighted by Gasteiger charge is -2.09. The number of nitrogens with one attached hydrogen (secondary N) is 1. The molecule has 1 aromatic carbocycles. The summed E-state index contributed by atoms with van der Waals surface area (Å²) in [6, 6.07) is 9.46. The summed E-state index contributed by atoms with van der Waals surface area (Å²) < 4.78 is 0. The molecule has 1 rings (SSSR count). The minimum atomic E-state index is -0.595. The van der Waals surface area contributed by atoms with Gasteiger partial charge in [0.25, 0.3) is 0 Å². The maximum Gasteiger partial charge on any atom is 0.188 e. The number of hydrogen-bond acceptors (Lipinski definition) is 2. The Bertz CT molecular complexity index is 338. The van der Waals surface area contributed by atoms with Crippen LogP contribution >= 0.6 is 0 Å². The van der Waals surface area contributed by atoms with Crippen LogP contribution in [0.5, 0.6) is 0 Å². The van der Waals surface area contributed by atoms with Crippen LogP contribution in [0.25, 0.3) is 0 Å². The highest BCUT2D eigenvalue weighted by Gasteiger charge is 2.05. The van der Waals surface area contributed by atoms with Crippen molar-refractivity contribution in [1.82, 2.24) is 5.32 Å². The maximum absolute atomic E-state index is 9.85. The van der Waals surface area contributed by atoms with Gasteiger partial charge in [-0.2, -0.15) is 0 Å². The Balaban J connectivity index is 2.36. The van der Waals surface area contributed by atoms with Crippen LogP contribution in [0.15, 0.2) is 35.3 Å². The number of hydrogen-bond donors (Lipinski definition) is 3. The number of nitrogens with two attached hydrogens (primary N) is 1. The predicted molar refractivity (Wildman–Crippen MR) is 70.8 cm³/mol. The lowest BCUT2D eigenvalue weighted by Crippen LogP contribution is -2.32. The van der Waals surface area contributed by atoms with E-state index in [-0.39, 0.29) is 6.54 Å². The molecule has 0 heterocycles. The number of aliphatic hydroxyl groups is 1. The van der Waals surface area contributed by atoms with Crippen molar-refractivity contribution < 1.29 is 5.11 Å². The van der Waals surface area contributed by atoms with E-state index in [9.17, 15) is 5.11 Å². The third-order valence-corrected chi connectivity index (χ3v) is 2.46. The van der Waals surface area contributed by atoms with Crippen molar-refractivity contribution in [2.75, 3.05) is 13.1 Å². The second-order valence-corrected chi connectivity index (χ2v) is 3.93. The van der Waals surface area contributed by atoms with Crippen LogP contribution < -0.4 is 11.1 Å². The highest BCUT2D eigenvalue weighted by Crippen LogP contribution is 2.11. The van der Waals surface area contributed by atoms with E-state index < -0.39 is 6.10 Å². The standard InChI is InChI=1S/C13H21N3O/c1-2-3-9-15-13(14)16-10-12(17)11-7-5-4-6-8-11/h4-8,12,17H,2-3,9-10H2,1H3,(H3,14,15,16)/t12-/m1/s1. The van der Waals surface area contributed by atoms with Gasteiger partial charge in [-0.1, -0.05) is 43.7 Å². The quantitative estimate of drug-likeness (QED) is 0.397. The van der Waals surface area contributed by atoms with Crippen molar-refractivity contribution >= 4 is 5.96 Å². The number of benzene rings is 1. The fraction of sp³-hybridized carbons (Fsp3) is 0.462. The molecule has 4 nitrogen and oxygen atoms in total. The molecule has 0 aliphatic carbocycles. The molecule has 0 radical (unpaired) electrons. The van der Waals surface area contributed by atoms with Gasteiger partial charge in [-0.05, 0) is 12.0 Å². The third-order valence-electron chi connectivity index (χ3n) is 2.46. The van der Waals surface area contributed by atoms with Gasteiger partial charge in [0, 0.05) is 6.54 Å². The average Bonchev–Trinajstić information content (AvgIpc) is 2.37. The lowest BCUT2D eigenvalue weighted by atomic mass is 10.1. The zero-order valence-electron chi connectivity index (χ0n) is 10.3. The Morgan fingerprint density at radius 2 is 2.12 bits per heavy atom. The topological polar surface area (TPSA) is 70.6 Å². The Hall–Kier alpha value is -1.55. The van der Waals surface area contributed by atoms with E-state index in [4.69, 9.17) is 5.73 Å². The summed E-state index contributed by atoms with van der Waals surface area (Å²) >= 11 is 0. The Kier molecular flexibility index (Phi) is 6.10. The van der Waals surface area contributed by atoms with Crippen LogP contribution in [0.4, 0.5) is 0 Å². The molecular formula is C13H21N3O. The predicted octanol–water partition coefficient (Wildman–Crippen LogP) is 1.42. The third kappa shape index (κ3) is 5.36. The molecule has 4 heteroatoms. The molecule has 0 saturated heterocycles. The Morgan fingerprint density at radius 1 is 1.41 bits per heavy atom. The van der Waals surface area contributed by atoms with E-state index in [1.807, 2.05) is 30.3 Å². The van der Waals surface area contributed by atoms with Crippen molar-refractivity contribution in [3.05, 3.63) is 35.9 Å². The zero-order chi connectivity index (χ0) is 12.5. The number of unbranched alkanes of at least 4 members (excludes halogenated alkanes) is 1. The molecule has 0 unspecified atom stereocenters. The molecule has 0 aliphatic rings. The van der Waals surface area contributed by atoms with Crippen LogP contribution in [0.3, 0.4) is 0 Å². The zero-order valence-corrected chi connectivity index (χ0v) is 10.3. The molecule has 0 spiro atoms. The van der Waals surface area contributed by atoms with Crippen LogP contribution in [0.2, 0.25) is 0 Å². The van der Waals surface area contributed by atoms with Gasteiger partial charge in [-0.3, -0.25) is 4.99 Å². The molecule has 0 amide bonds. The second kappa shape index (κ2) is 7.68. The maximum atomic E-state index is 9.85. The van der Waals surface area contributed by atoms with E-state index in [2.05, 4.69) is 17.2 Å². The first kappa shape index (κ1) is 13.5. The van der Waals surface area contributed by atoms with E-state index >= 15 is 0 Å². The molecule has 0 bridgehead atoms. The Morgan fingerprint density at radius 3 is 2.76 bits per heavy atom. The lowest BCUT2D eigenvalue weighted by molar-refractivity contribution is 0.187. The SMILES string of the molecule is CCCCNC(N)=NC[C@@H](O)c1ccccc1. The number of aliphatic imine (C=N–C) groups is 1. The van der Waals surface area contributed by atoms with E-state index in [0.717, 1.165) is 24.9 Å². The summed E-state index contributed by atoms with van der Waals surface area (Å²) in [4.78, 5) is 4.11. The fourth-order valence-corrected chi connectivity index (χ4v) is 1.41. The van der Waals surface area contributed by atoms with Gasteiger partial charge < -0.3 is 16.2 Å². The summed E-state index contributed by atoms with van der Waals surface area (Å²) in [5, 5.41) is 12.9. The molecule has 1 aromatic rings. The molecule has 1 atom stereocenters. The molecule has 17 heavy (non-hydrogen) atoms. The number of aliphatic hydroxyl groups excluding tert-OH is 1. The highest BCUT2D eigenvalue weighted by molar-refractivity contribution is 5.77. The minimum Gasteiger partial charge on any atom is -0.386 e. The van der Waals surface area contributed by atoms with Crippen LogP contribution in [-0.4, -0.2) is 24.2 Å². The van der Waals surface area contributed by atoms with Crippen molar-refractivity contribution in [3.63, 3.8) is 0 Å². The molecular weight excluding hydrogens is 214 g/mol. The summed E-state index contributed by atoms with van der Waals surface area (Å²) in [6.07, 6.45) is 1.59.